The molecule has 2 atom stereocenters. The van der Waals surface area contributed by atoms with E-state index in [9.17, 15) is 18.0 Å². The van der Waals surface area contributed by atoms with Crippen LogP contribution in [-0.4, -0.2) is 11.1 Å². The van der Waals surface area contributed by atoms with Crippen LogP contribution in [0.15, 0.2) is 28.8 Å². The number of hydrogen-bond donors (Lipinski definition) is 1. The molecule has 0 unspecified atom stereocenters. The molecule has 2 aromatic rings. The van der Waals surface area contributed by atoms with Crippen molar-refractivity contribution in [1.29, 1.82) is 0 Å². The molecule has 1 N–H and O–H groups in total. The van der Waals surface area contributed by atoms with E-state index in [1.165, 1.54) is 12.1 Å². The summed E-state index contributed by atoms with van der Waals surface area (Å²) < 4.78 is 44.2. The lowest BCUT2D eigenvalue weighted by Crippen LogP contribution is -2.25. The molecule has 1 aliphatic carbocycles. The minimum Gasteiger partial charge on any atom is -0.361 e. The number of hydrogen-bond acceptors (Lipinski definition) is 3. The molecule has 1 aromatic carbocycles. The maximum Gasteiger partial charge on any atom is 0.416 e. The van der Waals surface area contributed by atoms with Crippen LogP contribution in [0.1, 0.15) is 40.5 Å². The lowest BCUT2D eigenvalue weighted by atomic mass is 10.0. The van der Waals surface area contributed by atoms with Crippen molar-refractivity contribution in [2.24, 2.45) is 5.92 Å². The summed E-state index contributed by atoms with van der Waals surface area (Å²) in [7, 11) is 0. The molecule has 0 spiro atoms. The van der Waals surface area contributed by atoms with Gasteiger partial charge in [0.2, 0.25) is 5.91 Å². The van der Waals surface area contributed by atoms with Crippen molar-refractivity contribution in [1.82, 2.24) is 10.5 Å². The molecule has 7 heteroatoms. The molecule has 0 saturated heterocycles. The number of carbonyl (C=O) groups excluding carboxylic acids is 1. The third-order valence-corrected chi connectivity index (χ3v) is 4.41. The largest absolute Gasteiger partial charge is 0.416 e. The first-order valence-corrected chi connectivity index (χ1v) is 7.64. The Labute approximate surface area is 137 Å². The number of aryl methyl sites for hydroxylation is 2. The van der Waals surface area contributed by atoms with Crippen molar-refractivity contribution < 1.29 is 22.5 Å². The molecular formula is C17H17F3N2O2. The van der Waals surface area contributed by atoms with Gasteiger partial charge >= 0.3 is 6.18 Å². The number of carbonyl (C=O) groups is 1. The van der Waals surface area contributed by atoms with Gasteiger partial charge in [0, 0.05) is 18.0 Å². The molecule has 0 radical (unpaired) electrons. The van der Waals surface area contributed by atoms with E-state index in [1.807, 2.05) is 0 Å². The van der Waals surface area contributed by atoms with Gasteiger partial charge in [0.1, 0.15) is 5.76 Å². The summed E-state index contributed by atoms with van der Waals surface area (Å²) >= 11 is 0. The van der Waals surface area contributed by atoms with Gasteiger partial charge in [0.15, 0.2) is 0 Å². The van der Waals surface area contributed by atoms with Gasteiger partial charge in [-0.3, -0.25) is 4.79 Å². The standard InChI is InChI=1S/C17H17F3N2O2/c1-9-14(10(2)24-22-9)8-21-16(23)13-7-12(13)11-5-3-4-6-15(11)17(18,19)20/h3-6,12-13H,7-8H2,1-2H3,(H,21,23)/t12-,13+/m1/s1. The van der Waals surface area contributed by atoms with Gasteiger partial charge in [0.25, 0.3) is 0 Å². The second-order valence-corrected chi connectivity index (χ2v) is 6.05. The maximum atomic E-state index is 13.1. The minimum absolute atomic E-state index is 0.197. The highest BCUT2D eigenvalue weighted by molar-refractivity contribution is 5.83. The Bertz CT molecular complexity index is 748. The van der Waals surface area contributed by atoms with Gasteiger partial charge in [-0.15, -0.1) is 0 Å². The van der Waals surface area contributed by atoms with Crippen molar-refractivity contribution in [2.75, 3.05) is 0 Å². The van der Waals surface area contributed by atoms with E-state index in [2.05, 4.69) is 10.5 Å². The topological polar surface area (TPSA) is 55.1 Å². The molecule has 1 saturated carbocycles. The molecular weight excluding hydrogens is 321 g/mol. The van der Waals surface area contributed by atoms with Crippen LogP contribution in [0.2, 0.25) is 0 Å². The van der Waals surface area contributed by atoms with Crippen molar-refractivity contribution in [3.8, 4) is 0 Å². The number of aromatic nitrogens is 1. The quantitative estimate of drug-likeness (QED) is 0.924. The van der Waals surface area contributed by atoms with Crippen molar-refractivity contribution >= 4 is 5.91 Å². The van der Waals surface area contributed by atoms with Crippen LogP contribution in [0.4, 0.5) is 13.2 Å². The van der Waals surface area contributed by atoms with Gasteiger partial charge in [-0.1, -0.05) is 23.4 Å². The average Bonchev–Trinajstić information content (AvgIpc) is 3.26. The van der Waals surface area contributed by atoms with Crippen molar-refractivity contribution in [3.05, 3.63) is 52.4 Å². The van der Waals surface area contributed by atoms with Crippen LogP contribution in [-0.2, 0) is 17.5 Å². The normalized spacial score (nSPS) is 20.0. The van der Waals surface area contributed by atoms with E-state index < -0.39 is 17.7 Å². The van der Waals surface area contributed by atoms with Crippen LogP contribution < -0.4 is 5.32 Å². The zero-order valence-corrected chi connectivity index (χ0v) is 13.3. The fourth-order valence-electron chi connectivity index (χ4n) is 2.97. The molecule has 0 aliphatic heterocycles. The highest BCUT2D eigenvalue weighted by Gasteiger charge is 2.47. The zero-order chi connectivity index (χ0) is 17.5. The fraction of sp³-hybridized carbons (Fsp3) is 0.412. The molecule has 3 rings (SSSR count). The second-order valence-electron chi connectivity index (χ2n) is 6.05. The smallest absolute Gasteiger partial charge is 0.361 e. The third-order valence-electron chi connectivity index (χ3n) is 4.41. The Balaban J connectivity index is 1.67. The Hall–Kier alpha value is -2.31. The number of benzene rings is 1. The predicted molar refractivity (Wildman–Crippen MR) is 80.1 cm³/mol. The number of halogens is 3. The van der Waals surface area contributed by atoms with E-state index >= 15 is 0 Å². The number of alkyl halides is 3. The molecule has 1 amide bonds. The molecule has 0 bridgehead atoms. The molecule has 128 valence electrons. The molecule has 1 heterocycles. The predicted octanol–water partition coefficient (Wildman–Crippen LogP) is 3.73. The molecule has 4 nitrogen and oxygen atoms in total. The Kier molecular flexibility index (Phi) is 4.11. The van der Waals surface area contributed by atoms with Gasteiger partial charge in [-0.05, 0) is 37.8 Å². The molecule has 1 aliphatic rings. The summed E-state index contributed by atoms with van der Waals surface area (Å²) in [5.41, 5.74) is 1.04. The Morgan fingerprint density at radius 2 is 2.04 bits per heavy atom. The first kappa shape index (κ1) is 16.5. The number of amides is 1. The third kappa shape index (κ3) is 3.16. The summed E-state index contributed by atoms with van der Waals surface area (Å²) in [6.45, 7) is 3.79. The van der Waals surface area contributed by atoms with Crippen LogP contribution in [0.5, 0.6) is 0 Å². The van der Waals surface area contributed by atoms with Crippen molar-refractivity contribution in [2.45, 2.75) is 38.9 Å². The molecule has 24 heavy (non-hydrogen) atoms. The van der Waals surface area contributed by atoms with E-state index in [0.29, 0.717) is 17.9 Å². The summed E-state index contributed by atoms with van der Waals surface area (Å²) in [5, 5.41) is 6.57. The number of nitrogens with one attached hydrogen (secondary N) is 1. The first-order chi connectivity index (χ1) is 11.3. The van der Waals surface area contributed by atoms with Gasteiger partial charge < -0.3 is 9.84 Å². The van der Waals surface area contributed by atoms with Gasteiger partial charge in [-0.2, -0.15) is 13.2 Å². The number of rotatable bonds is 4. The van der Waals surface area contributed by atoms with Gasteiger partial charge in [0.05, 0.1) is 11.3 Å². The van der Waals surface area contributed by atoms with E-state index in [1.54, 1.807) is 19.9 Å². The molecule has 1 aromatic heterocycles. The fourth-order valence-corrected chi connectivity index (χ4v) is 2.97. The second kappa shape index (κ2) is 5.96. The minimum atomic E-state index is -4.41. The Morgan fingerprint density at radius 3 is 2.67 bits per heavy atom. The highest BCUT2D eigenvalue weighted by atomic mass is 19.4. The highest BCUT2D eigenvalue weighted by Crippen LogP contribution is 2.51. The Morgan fingerprint density at radius 1 is 1.33 bits per heavy atom. The van der Waals surface area contributed by atoms with E-state index in [0.717, 1.165) is 11.6 Å². The summed E-state index contributed by atoms with van der Waals surface area (Å²) in [4.78, 5) is 12.2. The summed E-state index contributed by atoms with van der Waals surface area (Å²) in [5.74, 6) is -0.416. The van der Waals surface area contributed by atoms with Crippen molar-refractivity contribution in [3.63, 3.8) is 0 Å². The van der Waals surface area contributed by atoms with Crippen LogP contribution in [0, 0.1) is 19.8 Å². The average molecular weight is 338 g/mol. The SMILES string of the molecule is Cc1noc(C)c1CNC(=O)[C@H]1C[C@@H]1c1ccccc1C(F)(F)F. The zero-order valence-electron chi connectivity index (χ0n) is 13.3. The molecule has 1 fully saturated rings. The monoisotopic (exact) mass is 338 g/mol. The van der Waals surface area contributed by atoms with E-state index in [-0.39, 0.29) is 23.9 Å². The first-order valence-electron chi connectivity index (χ1n) is 7.64. The summed E-state index contributed by atoms with van der Waals surface area (Å²) in [6.07, 6.45) is -3.97. The summed E-state index contributed by atoms with van der Waals surface area (Å²) in [6, 6.07) is 5.45. The lowest BCUT2D eigenvalue weighted by Gasteiger charge is -2.12. The number of nitrogens with zero attached hydrogens (tertiary/aromatic N) is 1. The van der Waals surface area contributed by atoms with E-state index in [4.69, 9.17) is 4.52 Å². The van der Waals surface area contributed by atoms with Gasteiger partial charge in [-0.25, -0.2) is 0 Å². The lowest BCUT2D eigenvalue weighted by molar-refractivity contribution is -0.138. The maximum absolute atomic E-state index is 13.1. The van der Waals surface area contributed by atoms with Crippen LogP contribution in [0.3, 0.4) is 0 Å². The van der Waals surface area contributed by atoms with Crippen LogP contribution >= 0.6 is 0 Å². The van der Waals surface area contributed by atoms with Crippen LogP contribution in [0.25, 0.3) is 0 Å².